The molecule has 146 valence electrons. The van der Waals surface area contributed by atoms with Gasteiger partial charge in [0.15, 0.2) is 0 Å². The standard InChI is InChI=1S/C19H15F3N2O2S2/c1-13-16-4-2-3-5-17(16)27-18(13)24(11-10-19(20,21)22)28(25,26)15-8-6-14(12-23)7-9-15/h2-9H,10-11H2,1H3. The van der Waals surface area contributed by atoms with Gasteiger partial charge in [-0.3, -0.25) is 4.31 Å². The Hall–Kier alpha value is -2.57. The van der Waals surface area contributed by atoms with E-state index in [0.717, 1.165) is 25.7 Å². The van der Waals surface area contributed by atoms with E-state index in [0.29, 0.717) is 5.56 Å². The van der Waals surface area contributed by atoms with Gasteiger partial charge in [0.05, 0.1) is 22.9 Å². The highest BCUT2D eigenvalue weighted by Gasteiger charge is 2.34. The summed E-state index contributed by atoms with van der Waals surface area (Å²) >= 11 is 1.14. The molecule has 1 heterocycles. The molecule has 0 aliphatic heterocycles. The minimum Gasteiger partial charge on any atom is -0.256 e. The van der Waals surface area contributed by atoms with Gasteiger partial charge in [-0.05, 0) is 48.2 Å². The van der Waals surface area contributed by atoms with Crippen LogP contribution in [0.4, 0.5) is 18.2 Å². The maximum absolute atomic E-state index is 13.2. The molecule has 1 aromatic heterocycles. The van der Waals surface area contributed by atoms with Crippen molar-refractivity contribution in [3.05, 3.63) is 59.7 Å². The van der Waals surface area contributed by atoms with E-state index in [1.807, 2.05) is 6.07 Å². The minimum atomic E-state index is -4.50. The van der Waals surface area contributed by atoms with Crippen LogP contribution < -0.4 is 4.31 Å². The fourth-order valence-corrected chi connectivity index (χ4v) is 5.76. The zero-order chi connectivity index (χ0) is 20.5. The van der Waals surface area contributed by atoms with Crippen molar-refractivity contribution in [1.82, 2.24) is 0 Å². The zero-order valence-electron chi connectivity index (χ0n) is 14.7. The third kappa shape index (κ3) is 3.98. The lowest BCUT2D eigenvalue weighted by molar-refractivity contribution is -0.131. The molecule has 4 nitrogen and oxygen atoms in total. The fraction of sp³-hybridized carbons (Fsp3) is 0.211. The number of hydrogen-bond donors (Lipinski definition) is 0. The van der Waals surface area contributed by atoms with Crippen LogP contribution in [0, 0.1) is 18.3 Å². The predicted molar refractivity (Wildman–Crippen MR) is 103 cm³/mol. The van der Waals surface area contributed by atoms with E-state index in [1.54, 1.807) is 31.2 Å². The molecule has 0 saturated heterocycles. The number of sulfonamides is 1. The van der Waals surface area contributed by atoms with Crippen LogP contribution in [-0.2, 0) is 10.0 Å². The number of thiophene rings is 1. The molecule has 0 aliphatic carbocycles. The lowest BCUT2D eigenvalue weighted by Crippen LogP contribution is -2.34. The van der Waals surface area contributed by atoms with E-state index in [1.165, 1.54) is 24.3 Å². The number of nitriles is 1. The van der Waals surface area contributed by atoms with Crippen molar-refractivity contribution in [1.29, 1.82) is 5.26 Å². The zero-order valence-corrected chi connectivity index (χ0v) is 16.3. The Morgan fingerprint density at radius 2 is 1.75 bits per heavy atom. The van der Waals surface area contributed by atoms with Gasteiger partial charge in [0.2, 0.25) is 0 Å². The summed E-state index contributed by atoms with van der Waals surface area (Å²) in [5.41, 5.74) is 0.874. The van der Waals surface area contributed by atoms with Crippen molar-refractivity contribution in [2.24, 2.45) is 0 Å². The molecule has 0 bridgehead atoms. The number of hydrogen-bond acceptors (Lipinski definition) is 4. The van der Waals surface area contributed by atoms with Gasteiger partial charge in [-0.2, -0.15) is 18.4 Å². The molecule has 0 unspecified atom stereocenters. The van der Waals surface area contributed by atoms with Gasteiger partial charge < -0.3 is 0 Å². The third-order valence-corrected chi connectivity index (χ3v) is 7.44. The summed E-state index contributed by atoms with van der Waals surface area (Å²) in [4.78, 5) is -0.162. The number of alkyl halides is 3. The van der Waals surface area contributed by atoms with Crippen molar-refractivity contribution in [2.75, 3.05) is 10.8 Å². The first-order chi connectivity index (χ1) is 13.1. The molecule has 0 saturated carbocycles. The van der Waals surface area contributed by atoms with Crippen LogP contribution in [0.3, 0.4) is 0 Å². The number of rotatable bonds is 5. The van der Waals surface area contributed by atoms with Crippen molar-refractivity contribution in [3.8, 4) is 6.07 Å². The van der Waals surface area contributed by atoms with Gasteiger partial charge in [0.25, 0.3) is 10.0 Å². The normalized spacial score (nSPS) is 12.1. The predicted octanol–water partition coefficient (Wildman–Crippen LogP) is 5.23. The Morgan fingerprint density at radius 3 is 2.32 bits per heavy atom. The molecule has 0 aliphatic rings. The number of anilines is 1. The second-order valence-corrected chi connectivity index (χ2v) is 9.00. The topological polar surface area (TPSA) is 61.2 Å². The van der Waals surface area contributed by atoms with Crippen molar-refractivity contribution in [2.45, 2.75) is 24.4 Å². The second kappa shape index (κ2) is 7.45. The van der Waals surface area contributed by atoms with Crippen molar-refractivity contribution >= 4 is 36.4 Å². The average Bonchev–Trinajstić information content (AvgIpc) is 2.97. The highest BCUT2D eigenvalue weighted by Crippen LogP contribution is 2.40. The van der Waals surface area contributed by atoms with Crippen LogP contribution in [0.1, 0.15) is 17.5 Å². The summed E-state index contributed by atoms with van der Waals surface area (Å²) in [6.07, 6.45) is -5.76. The molecule has 9 heteroatoms. The Labute approximate surface area is 164 Å². The lowest BCUT2D eigenvalue weighted by atomic mass is 10.2. The molecule has 0 radical (unpaired) electrons. The number of nitrogens with zero attached hydrogens (tertiary/aromatic N) is 2. The molecule has 0 atom stereocenters. The number of fused-ring (bicyclic) bond motifs is 1. The molecule has 0 fully saturated rings. The van der Waals surface area contributed by atoms with Crippen LogP contribution >= 0.6 is 11.3 Å². The summed E-state index contributed by atoms with van der Waals surface area (Å²) in [5, 5.41) is 9.94. The SMILES string of the molecule is Cc1c(N(CCC(F)(F)F)S(=O)(=O)c2ccc(C#N)cc2)sc2ccccc12. The van der Waals surface area contributed by atoms with Crippen LogP contribution in [0.2, 0.25) is 0 Å². The van der Waals surface area contributed by atoms with E-state index in [4.69, 9.17) is 5.26 Å². The summed E-state index contributed by atoms with van der Waals surface area (Å²) < 4.78 is 66.6. The van der Waals surface area contributed by atoms with Gasteiger partial charge in [-0.15, -0.1) is 11.3 Å². The molecule has 0 N–H and O–H groups in total. The molecule has 2 aromatic carbocycles. The molecule has 0 amide bonds. The molecule has 28 heavy (non-hydrogen) atoms. The first-order valence-electron chi connectivity index (χ1n) is 8.21. The van der Waals surface area contributed by atoms with Crippen molar-refractivity contribution < 1.29 is 21.6 Å². The highest BCUT2D eigenvalue weighted by atomic mass is 32.2. The van der Waals surface area contributed by atoms with Gasteiger partial charge in [0.1, 0.15) is 5.00 Å². The number of benzene rings is 2. The van der Waals surface area contributed by atoms with E-state index in [2.05, 4.69) is 0 Å². The summed E-state index contributed by atoms with van der Waals surface area (Å²) in [5.74, 6) is 0. The van der Waals surface area contributed by atoms with Crippen LogP contribution in [0.25, 0.3) is 10.1 Å². The van der Waals surface area contributed by atoms with E-state index in [9.17, 15) is 21.6 Å². The first kappa shape index (κ1) is 20.2. The van der Waals surface area contributed by atoms with Crippen LogP contribution in [-0.4, -0.2) is 21.1 Å². The van der Waals surface area contributed by atoms with E-state index < -0.39 is 29.2 Å². The largest absolute Gasteiger partial charge is 0.390 e. The average molecular weight is 424 g/mol. The van der Waals surface area contributed by atoms with Gasteiger partial charge in [-0.25, -0.2) is 8.42 Å². The van der Waals surface area contributed by atoms with Gasteiger partial charge in [-0.1, -0.05) is 18.2 Å². The smallest absolute Gasteiger partial charge is 0.256 e. The fourth-order valence-electron chi connectivity index (χ4n) is 2.79. The summed E-state index contributed by atoms with van der Waals surface area (Å²) in [7, 11) is -4.24. The molecule has 3 aromatic rings. The minimum absolute atomic E-state index is 0.162. The highest BCUT2D eigenvalue weighted by molar-refractivity contribution is 7.93. The Balaban J connectivity index is 2.12. The molecular formula is C19H15F3N2O2S2. The second-order valence-electron chi connectivity index (χ2n) is 6.11. The summed E-state index contributed by atoms with van der Waals surface area (Å²) in [6, 6.07) is 14.2. The maximum atomic E-state index is 13.2. The van der Waals surface area contributed by atoms with Crippen molar-refractivity contribution in [3.63, 3.8) is 0 Å². The van der Waals surface area contributed by atoms with Gasteiger partial charge >= 0.3 is 6.18 Å². The van der Waals surface area contributed by atoms with Gasteiger partial charge in [0, 0.05) is 11.2 Å². The van der Waals surface area contributed by atoms with E-state index >= 15 is 0 Å². The molecular weight excluding hydrogens is 409 g/mol. The first-order valence-corrected chi connectivity index (χ1v) is 10.5. The Kier molecular flexibility index (Phi) is 5.37. The van der Waals surface area contributed by atoms with Crippen LogP contribution in [0.15, 0.2) is 53.4 Å². The third-order valence-electron chi connectivity index (χ3n) is 4.21. The summed E-state index contributed by atoms with van der Waals surface area (Å²) in [6.45, 7) is 0.975. The maximum Gasteiger partial charge on any atom is 0.390 e. The quantitative estimate of drug-likeness (QED) is 0.564. The Morgan fingerprint density at radius 1 is 1.11 bits per heavy atom. The lowest BCUT2D eigenvalue weighted by Gasteiger charge is -2.24. The Bertz CT molecular complexity index is 1140. The number of halogens is 3. The molecule has 3 rings (SSSR count). The van der Waals surface area contributed by atoms with E-state index in [-0.39, 0.29) is 15.5 Å². The molecule has 0 spiro atoms. The number of aryl methyl sites for hydroxylation is 1. The van der Waals surface area contributed by atoms with Crippen LogP contribution in [0.5, 0.6) is 0 Å². The monoisotopic (exact) mass is 424 g/mol.